The van der Waals surface area contributed by atoms with E-state index in [1.165, 1.54) is 4.31 Å². The molecule has 1 N–H and O–H groups in total. The smallest absolute Gasteiger partial charge is 0.249 e. The second kappa shape index (κ2) is 5.94. The lowest BCUT2D eigenvalue weighted by molar-refractivity contribution is 0.543. The first-order valence-corrected chi connectivity index (χ1v) is 10.4. The summed E-state index contributed by atoms with van der Waals surface area (Å²) in [5, 5.41) is 2.32. The third kappa shape index (κ3) is 3.75. The second-order valence-electron chi connectivity index (χ2n) is 5.27. The van der Waals surface area contributed by atoms with Gasteiger partial charge in [0.25, 0.3) is 0 Å². The molecule has 1 aromatic rings. The van der Waals surface area contributed by atoms with Crippen molar-refractivity contribution in [1.82, 2.24) is 5.32 Å². The molecule has 1 aliphatic rings. The first-order valence-electron chi connectivity index (χ1n) is 6.69. The highest BCUT2D eigenvalue weighted by atomic mass is 32.3. The molecule has 0 fully saturated rings. The molecule has 1 atom stereocenters. The van der Waals surface area contributed by atoms with E-state index in [0.717, 1.165) is 18.2 Å². The number of sulfonamides is 1. The number of benzene rings is 1. The summed E-state index contributed by atoms with van der Waals surface area (Å²) >= 11 is 0. The van der Waals surface area contributed by atoms with E-state index in [2.05, 4.69) is 5.32 Å². The first-order chi connectivity index (χ1) is 9.74. The minimum absolute atomic E-state index is 0.0691. The van der Waals surface area contributed by atoms with E-state index in [0.29, 0.717) is 18.7 Å². The summed E-state index contributed by atoms with van der Waals surface area (Å²) in [4.78, 5) is 0. The summed E-state index contributed by atoms with van der Waals surface area (Å²) in [7, 11) is -5.67. The van der Waals surface area contributed by atoms with E-state index in [4.69, 9.17) is 0 Å². The van der Waals surface area contributed by atoms with Crippen molar-refractivity contribution in [3.63, 3.8) is 0 Å². The van der Waals surface area contributed by atoms with Gasteiger partial charge >= 0.3 is 0 Å². The Labute approximate surface area is 126 Å². The van der Waals surface area contributed by atoms with Gasteiger partial charge in [-0.15, -0.1) is 0 Å². The standard InChI is InChI=1S/C13H20N2O4S2/c1-14-12-7-5-9-15(13-8-4-3-6-11(12)13)21(18,19)10-20(2,16)17/h3-4,6,8,12,14H,5,7,9-10H2,1-2H3. The van der Waals surface area contributed by atoms with E-state index >= 15 is 0 Å². The summed E-state index contributed by atoms with van der Waals surface area (Å²) in [5.41, 5.74) is 1.45. The van der Waals surface area contributed by atoms with Crippen LogP contribution in [0.5, 0.6) is 0 Å². The SMILES string of the molecule is CNC1CCCN(S(=O)(=O)CS(C)(=O)=O)c2ccccc21. The van der Waals surface area contributed by atoms with Gasteiger partial charge in [0.2, 0.25) is 10.0 Å². The molecule has 0 amide bonds. The molecule has 1 aliphatic heterocycles. The van der Waals surface area contributed by atoms with Gasteiger partial charge in [0, 0.05) is 18.8 Å². The number of hydrogen-bond acceptors (Lipinski definition) is 5. The van der Waals surface area contributed by atoms with Crippen molar-refractivity contribution in [1.29, 1.82) is 0 Å². The van der Waals surface area contributed by atoms with Gasteiger partial charge in [-0.2, -0.15) is 0 Å². The van der Waals surface area contributed by atoms with Crippen molar-refractivity contribution >= 4 is 25.5 Å². The van der Waals surface area contributed by atoms with Gasteiger partial charge < -0.3 is 5.32 Å². The summed E-state index contributed by atoms with van der Waals surface area (Å²) in [6, 6.07) is 7.30. The molecule has 0 bridgehead atoms. The third-order valence-electron chi connectivity index (χ3n) is 3.48. The average Bonchev–Trinajstić information content (AvgIpc) is 2.55. The maximum Gasteiger partial charge on any atom is 0.249 e. The van der Waals surface area contributed by atoms with Crippen LogP contribution in [0.1, 0.15) is 24.4 Å². The highest BCUT2D eigenvalue weighted by Crippen LogP contribution is 2.34. The fraction of sp³-hybridized carbons (Fsp3) is 0.538. The molecule has 21 heavy (non-hydrogen) atoms. The van der Waals surface area contributed by atoms with Crippen LogP contribution in [0.2, 0.25) is 0 Å². The van der Waals surface area contributed by atoms with Crippen molar-refractivity contribution in [2.75, 3.05) is 29.2 Å². The lowest BCUT2D eigenvalue weighted by Gasteiger charge is -2.25. The molecule has 0 spiro atoms. The minimum atomic E-state index is -3.89. The number of para-hydroxylation sites is 1. The highest BCUT2D eigenvalue weighted by molar-refractivity contribution is 8.08. The van der Waals surface area contributed by atoms with Gasteiger partial charge in [0.1, 0.15) is 0 Å². The Bertz CT molecular complexity index is 713. The van der Waals surface area contributed by atoms with Crippen LogP contribution in [-0.2, 0) is 19.9 Å². The zero-order valence-electron chi connectivity index (χ0n) is 12.1. The molecule has 0 saturated carbocycles. The number of fused-ring (bicyclic) bond motifs is 1. The molecule has 0 radical (unpaired) electrons. The second-order valence-corrected chi connectivity index (χ2v) is 9.67. The number of nitrogens with one attached hydrogen (secondary N) is 1. The number of hydrogen-bond donors (Lipinski definition) is 1. The van der Waals surface area contributed by atoms with Crippen LogP contribution in [0.25, 0.3) is 0 Å². The van der Waals surface area contributed by atoms with E-state index in [9.17, 15) is 16.8 Å². The molecule has 0 saturated heterocycles. The van der Waals surface area contributed by atoms with Gasteiger partial charge in [0.05, 0.1) is 5.69 Å². The maximum atomic E-state index is 12.4. The number of sulfone groups is 1. The Morgan fingerprint density at radius 2 is 1.90 bits per heavy atom. The lowest BCUT2D eigenvalue weighted by atomic mass is 10.0. The molecule has 6 nitrogen and oxygen atoms in total. The Morgan fingerprint density at radius 3 is 2.52 bits per heavy atom. The van der Waals surface area contributed by atoms with Crippen molar-refractivity contribution in [3.8, 4) is 0 Å². The maximum absolute atomic E-state index is 12.4. The summed E-state index contributed by atoms with van der Waals surface area (Å²) in [5.74, 6) is 0. The van der Waals surface area contributed by atoms with Crippen LogP contribution in [-0.4, -0.2) is 41.8 Å². The Kier molecular flexibility index (Phi) is 4.60. The van der Waals surface area contributed by atoms with Crippen LogP contribution in [0.4, 0.5) is 5.69 Å². The van der Waals surface area contributed by atoms with E-state index in [1.54, 1.807) is 12.1 Å². The summed E-state index contributed by atoms with van der Waals surface area (Å²) in [6.45, 7) is 0.299. The fourth-order valence-electron chi connectivity index (χ4n) is 2.65. The van der Waals surface area contributed by atoms with E-state index in [1.807, 2.05) is 19.2 Å². The fourth-order valence-corrected chi connectivity index (χ4v) is 6.19. The topological polar surface area (TPSA) is 83.6 Å². The van der Waals surface area contributed by atoms with Gasteiger partial charge in [-0.25, -0.2) is 16.8 Å². The Morgan fingerprint density at radius 1 is 1.24 bits per heavy atom. The van der Waals surface area contributed by atoms with Crippen LogP contribution < -0.4 is 9.62 Å². The average molecular weight is 332 g/mol. The predicted octanol–water partition coefficient (Wildman–Crippen LogP) is 0.879. The minimum Gasteiger partial charge on any atom is -0.313 e. The monoisotopic (exact) mass is 332 g/mol. The predicted molar refractivity (Wildman–Crippen MR) is 83.5 cm³/mol. The van der Waals surface area contributed by atoms with E-state index < -0.39 is 24.9 Å². The third-order valence-corrected chi connectivity index (χ3v) is 7.44. The molecule has 1 unspecified atom stereocenters. The zero-order chi connectivity index (χ0) is 15.7. The van der Waals surface area contributed by atoms with Gasteiger partial charge in [0.15, 0.2) is 14.9 Å². The summed E-state index contributed by atoms with van der Waals surface area (Å²) in [6.07, 6.45) is 2.41. The van der Waals surface area contributed by atoms with Crippen LogP contribution >= 0.6 is 0 Å². The largest absolute Gasteiger partial charge is 0.313 e. The molecule has 2 rings (SSSR count). The summed E-state index contributed by atoms with van der Waals surface area (Å²) < 4.78 is 48.9. The molecular weight excluding hydrogens is 312 g/mol. The lowest BCUT2D eigenvalue weighted by Crippen LogP contribution is -2.36. The van der Waals surface area contributed by atoms with Crippen LogP contribution in [0.3, 0.4) is 0 Å². The highest BCUT2D eigenvalue weighted by Gasteiger charge is 2.31. The van der Waals surface area contributed by atoms with Crippen LogP contribution in [0, 0.1) is 0 Å². The van der Waals surface area contributed by atoms with Gasteiger partial charge in [-0.3, -0.25) is 4.31 Å². The number of anilines is 1. The molecule has 0 aliphatic carbocycles. The van der Waals surface area contributed by atoms with Gasteiger partial charge in [-0.1, -0.05) is 18.2 Å². The molecule has 1 heterocycles. The first kappa shape index (κ1) is 16.3. The number of rotatable bonds is 4. The Hall–Kier alpha value is -1.12. The molecule has 118 valence electrons. The van der Waals surface area contributed by atoms with Crippen molar-refractivity contribution in [3.05, 3.63) is 29.8 Å². The molecule has 1 aromatic carbocycles. The van der Waals surface area contributed by atoms with Crippen molar-refractivity contribution in [2.24, 2.45) is 0 Å². The van der Waals surface area contributed by atoms with E-state index in [-0.39, 0.29) is 6.04 Å². The zero-order valence-corrected chi connectivity index (χ0v) is 13.7. The molecule has 8 heteroatoms. The number of nitrogens with zero attached hydrogens (tertiary/aromatic N) is 1. The van der Waals surface area contributed by atoms with Crippen LogP contribution in [0.15, 0.2) is 24.3 Å². The quantitative estimate of drug-likeness (QED) is 0.885. The van der Waals surface area contributed by atoms with Crippen molar-refractivity contribution in [2.45, 2.75) is 18.9 Å². The molecular formula is C13H20N2O4S2. The van der Waals surface area contributed by atoms with Crippen molar-refractivity contribution < 1.29 is 16.8 Å². The normalized spacial score (nSPS) is 19.9. The Balaban J connectivity index is 2.50. The molecule has 0 aromatic heterocycles. The van der Waals surface area contributed by atoms with Gasteiger partial charge in [-0.05, 0) is 31.5 Å².